The van der Waals surface area contributed by atoms with Gasteiger partial charge in [-0.2, -0.15) is 11.3 Å². The molecule has 0 saturated carbocycles. The Bertz CT molecular complexity index is 943. The average Bonchev–Trinajstić information content (AvgIpc) is 3.07. The zero-order valence-corrected chi connectivity index (χ0v) is 15.7. The van der Waals surface area contributed by atoms with Gasteiger partial charge in [-0.15, -0.1) is 0 Å². The Balaban J connectivity index is 2.37. The summed E-state index contributed by atoms with van der Waals surface area (Å²) < 4.78 is 0. The van der Waals surface area contributed by atoms with Crippen molar-refractivity contribution in [3.8, 4) is 28.0 Å². The molecule has 2 aromatic carbocycles. The van der Waals surface area contributed by atoms with Crippen LogP contribution in [0.3, 0.4) is 0 Å². The number of phenolic OH excluding ortho intramolecular Hbond substituents is 1. The molecule has 4 nitrogen and oxygen atoms in total. The maximum Gasteiger partial charge on any atom is 0.170 e. The summed E-state index contributed by atoms with van der Waals surface area (Å²) in [7, 11) is 0. The number of benzene rings is 2. The van der Waals surface area contributed by atoms with Crippen molar-refractivity contribution in [1.82, 2.24) is 0 Å². The molecule has 0 fully saturated rings. The van der Waals surface area contributed by atoms with E-state index in [4.69, 9.17) is 5.73 Å². The van der Waals surface area contributed by atoms with Crippen molar-refractivity contribution in [2.75, 3.05) is 0 Å². The van der Waals surface area contributed by atoms with Crippen molar-refractivity contribution >= 4 is 17.2 Å². The minimum absolute atomic E-state index is 0.101. The van der Waals surface area contributed by atoms with E-state index in [1.54, 1.807) is 23.5 Å². The first-order valence-corrected chi connectivity index (χ1v) is 9.46. The maximum atomic E-state index is 9.65. The van der Waals surface area contributed by atoms with Crippen LogP contribution in [-0.2, 0) is 6.42 Å². The van der Waals surface area contributed by atoms with Crippen LogP contribution in [-0.4, -0.2) is 16.1 Å². The number of oxime groups is 1. The van der Waals surface area contributed by atoms with Crippen molar-refractivity contribution < 1.29 is 10.3 Å². The standard InChI is InChI=1S/C21H22N2O2S/c1-3-4-14-9-17(15-5-7-16(24)8-6-15)20(18(10-14)21(22)23-25)19-12-26-11-13(19)2/h5-12,24-25H,3-4H2,1-2H3,(H2,22,23). The van der Waals surface area contributed by atoms with Crippen molar-refractivity contribution in [2.45, 2.75) is 26.7 Å². The van der Waals surface area contributed by atoms with Gasteiger partial charge in [0.05, 0.1) is 0 Å². The lowest BCUT2D eigenvalue weighted by Crippen LogP contribution is -2.15. The quantitative estimate of drug-likeness (QED) is 0.253. The molecule has 0 atom stereocenters. The van der Waals surface area contributed by atoms with Crippen LogP contribution < -0.4 is 5.73 Å². The predicted molar refractivity (Wildman–Crippen MR) is 108 cm³/mol. The molecule has 1 heterocycles. The Morgan fingerprint density at radius 2 is 1.85 bits per heavy atom. The van der Waals surface area contributed by atoms with Gasteiger partial charge in [0.2, 0.25) is 0 Å². The Hall–Kier alpha value is -2.79. The number of aryl methyl sites for hydroxylation is 2. The number of thiophene rings is 1. The van der Waals surface area contributed by atoms with Crippen molar-refractivity contribution in [1.29, 1.82) is 0 Å². The molecule has 0 saturated heterocycles. The molecular formula is C21H22N2O2S. The molecule has 3 aromatic rings. The van der Waals surface area contributed by atoms with Gasteiger partial charge in [0, 0.05) is 11.1 Å². The van der Waals surface area contributed by atoms with E-state index in [1.807, 2.05) is 18.2 Å². The molecule has 0 aliphatic rings. The van der Waals surface area contributed by atoms with Gasteiger partial charge in [-0.1, -0.05) is 36.7 Å². The van der Waals surface area contributed by atoms with Crippen LogP contribution in [0.5, 0.6) is 5.75 Å². The summed E-state index contributed by atoms with van der Waals surface area (Å²) >= 11 is 1.63. The number of rotatable bonds is 5. The molecule has 0 unspecified atom stereocenters. The molecule has 1 aromatic heterocycles. The third kappa shape index (κ3) is 3.44. The van der Waals surface area contributed by atoms with Crippen LogP contribution in [0.15, 0.2) is 52.3 Å². The van der Waals surface area contributed by atoms with E-state index in [9.17, 15) is 10.3 Å². The summed E-state index contributed by atoms with van der Waals surface area (Å²) in [4.78, 5) is 0. The molecule has 3 rings (SSSR count). The Morgan fingerprint density at radius 3 is 2.42 bits per heavy atom. The van der Waals surface area contributed by atoms with Crippen LogP contribution in [0.1, 0.15) is 30.0 Å². The lowest BCUT2D eigenvalue weighted by Gasteiger charge is -2.17. The van der Waals surface area contributed by atoms with Gasteiger partial charge in [-0.3, -0.25) is 0 Å². The lowest BCUT2D eigenvalue weighted by atomic mass is 9.87. The highest BCUT2D eigenvalue weighted by atomic mass is 32.1. The number of nitrogens with zero attached hydrogens (tertiary/aromatic N) is 1. The molecule has 0 radical (unpaired) electrons. The molecular weight excluding hydrogens is 344 g/mol. The van der Waals surface area contributed by atoms with Gasteiger partial charge < -0.3 is 16.0 Å². The fourth-order valence-corrected chi connectivity index (χ4v) is 4.01. The summed E-state index contributed by atoms with van der Waals surface area (Å²) in [6, 6.07) is 11.3. The monoisotopic (exact) mass is 366 g/mol. The second-order valence-corrected chi connectivity index (χ2v) is 7.06. The largest absolute Gasteiger partial charge is 0.508 e. The van der Waals surface area contributed by atoms with Crippen LogP contribution in [0, 0.1) is 6.92 Å². The molecule has 26 heavy (non-hydrogen) atoms. The first kappa shape index (κ1) is 18.0. The van der Waals surface area contributed by atoms with Gasteiger partial charge in [-0.05, 0) is 70.1 Å². The van der Waals surface area contributed by atoms with Gasteiger partial charge in [0.15, 0.2) is 5.84 Å². The van der Waals surface area contributed by atoms with E-state index in [-0.39, 0.29) is 11.6 Å². The highest BCUT2D eigenvalue weighted by molar-refractivity contribution is 7.08. The van der Waals surface area contributed by atoms with E-state index in [0.717, 1.165) is 51.8 Å². The highest BCUT2D eigenvalue weighted by Crippen LogP contribution is 2.39. The first-order chi connectivity index (χ1) is 12.5. The average molecular weight is 366 g/mol. The van der Waals surface area contributed by atoms with Crippen LogP contribution in [0.4, 0.5) is 0 Å². The van der Waals surface area contributed by atoms with Crippen molar-refractivity contribution in [3.63, 3.8) is 0 Å². The molecule has 0 bridgehead atoms. The van der Waals surface area contributed by atoms with Gasteiger partial charge in [0.1, 0.15) is 5.75 Å². The summed E-state index contributed by atoms with van der Waals surface area (Å²) in [5.41, 5.74) is 13.1. The number of hydrogen-bond donors (Lipinski definition) is 3. The second kappa shape index (κ2) is 7.62. The van der Waals surface area contributed by atoms with Crippen LogP contribution >= 0.6 is 11.3 Å². The third-order valence-electron chi connectivity index (χ3n) is 4.42. The smallest absolute Gasteiger partial charge is 0.170 e. The van der Waals surface area contributed by atoms with Gasteiger partial charge in [-0.25, -0.2) is 0 Å². The minimum Gasteiger partial charge on any atom is -0.508 e. The highest BCUT2D eigenvalue weighted by Gasteiger charge is 2.19. The molecule has 5 heteroatoms. The van der Waals surface area contributed by atoms with Crippen LogP contribution in [0.2, 0.25) is 0 Å². The fraction of sp³-hybridized carbons (Fsp3) is 0.190. The maximum absolute atomic E-state index is 9.65. The number of nitrogens with two attached hydrogens (primary N) is 1. The zero-order valence-electron chi connectivity index (χ0n) is 14.9. The SMILES string of the molecule is CCCc1cc(/C(N)=N/O)c(-c2cscc2C)c(-c2ccc(O)cc2)c1. The van der Waals surface area contributed by atoms with Crippen molar-refractivity contribution in [2.24, 2.45) is 10.9 Å². The first-order valence-electron chi connectivity index (χ1n) is 8.52. The Morgan fingerprint density at radius 1 is 1.12 bits per heavy atom. The number of phenols is 1. The zero-order chi connectivity index (χ0) is 18.7. The minimum atomic E-state index is 0.101. The topological polar surface area (TPSA) is 78.8 Å². The third-order valence-corrected chi connectivity index (χ3v) is 5.29. The van der Waals surface area contributed by atoms with E-state index in [0.29, 0.717) is 0 Å². The lowest BCUT2D eigenvalue weighted by molar-refractivity contribution is 0.318. The predicted octanol–water partition coefficient (Wildman–Crippen LogP) is 5.14. The van der Waals surface area contributed by atoms with Crippen molar-refractivity contribution in [3.05, 3.63) is 63.8 Å². The second-order valence-electron chi connectivity index (χ2n) is 6.32. The molecule has 0 amide bonds. The van der Waals surface area contributed by atoms with Gasteiger partial charge in [0.25, 0.3) is 0 Å². The Labute approximate surface area is 157 Å². The summed E-state index contributed by atoms with van der Waals surface area (Å²) in [6.45, 7) is 4.18. The normalized spacial score (nSPS) is 11.7. The van der Waals surface area contributed by atoms with Crippen LogP contribution in [0.25, 0.3) is 22.3 Å². The van der Waals surface area contributed by atoms with Gasteiger partial charge >= 0.3 is 0 Å². The molecule has 0 aliphatic heterocycles. The number of hydrogen-bond acceptors (Lipinski definition) is 4. The molecule has 4 N–H and O–H groups in total. The summed E-state index contributed by atoms with van der Waals surface area (Å²) in [5, 5.41) is 26.4. The van der Waals surface area contributed by atoms with E-state index in [2.05, 4.69) is 35.8 Å². The molecule has 134 valence electrons. The van der Waals surface area contributed by atoms with E-state index < -0.39 is 0 Å². The molecule has 0 aliphatic carbocycles. The fourth-order valence-electron chi connectivity index (χ4n) is 3.17. The number of amidine groups is 1. The summed E-state index contributed by atoms with van der Waals surface area (Å²) in [6.07, 6.45) is 1.90. The number of aromatic hydroxyl groups is 1. The summed E-state index contributed by atoms with van der Waals surface area (Å²) in [5.74, 6) is 0.326. The Kier molecular flexibility index (Phi) is 5.28. The van der Waals surface area contributed by atoms with E-state index in [1.165, 1.54) is 0 Å². The molecule has 0 spiro atoms. The van der Waals surface area contributed by atoms with E-state index >= 15 is 0 Å².